The molecule has 148 valence electrons. The van der Waals surface area contributed by atoms with Gasteiger partial charge in [-0.25, -0.2) is 9.78 Å². The van der Waals surface area contributed by atoms with Gasteiger partial charge in [0.25, 0.3) is 0 Å². The minimum Gasteiger partial charge on any atom is -0.419 e. The molecule has 4 rings (SSSR count). The van der Waals surface area contributed by atoms with E-state index >= 15 is 0 Å². The summed E-state index contributed by atoms with van der Waals surface area (Å²) in [5.41, 5.74) is 3.22. The number of fused-ring (bicyclic) bond motifs is 1. The molecule has 0 fully saturated rings. The van der Waals surface area contributed by atoms with Crippen molar-refractivity contribution in [2.45, 2.75) is 0 Å². The second-order valence-electron chi connectivity index (χ2n) is 6.23. The molecule has 3 aromatic carbocycles. The van der Waals surface area contributed by atoms with E-state index in [1.54, 1.807) is 72.8 Å². The Balaban J connectivity index is 1.82. The number of rotatable bonds is 5. The molecular weight excluding hydrogens is 425 g/mol. The number of ketones is 1. The molecule has 0 atom stereocenters. The Morgan fingerprint density at radius 3 is 2.23 bits per heavy atom. The van der Waals surface area contributed by atoms with Crippen molar-refractivity contribution in [2.75, 3.05) is 5.43 Å². The Morgan fingerprint density at radius 2 is 1.53 bits per heavy atom. The van der Waals surface area contributed by atoms with Crippen LogP contribution < -0.4 is 11.1 Å². The van der Waals surface area contributed by atoms with Gasteiger partial charge >= 0.3 is 5.63 Å². The van der Waals surface area contributed by atoms with Gasteiger partial charge in [-0.15, -0.1) is 0 Å². The van der Waals surface area contributed by atoms with Crippen LogP contribution in [0.15, 0.2) is 87.1 Å². The predicted molar refractivity (Wildman–Crippen MR) is 118 cm³/mol. The number of anilines is 1. The molecule has 1 aromatic heterocycles. The average molecular weight is 438 g/mol. The van der Waals surface area contributed by atoms with E-state index in [1.165, 1.54) is 0 Å². The first-order valence-corrected chi connectivity index (χ1v) is 9.56. The van der Waals surface area contributed by atoms with Crippen LogP contribution in [0.3, 0.4) is 0 Å². The van der Waals surface area contributed by atoms with Gasteiger partial charge in [0.2, 0.25) is 5.78 Å². The van der Waals surface area contributed by atoms with Crippen LogP contribution in [0.4, 0.5) is 5.69 Å². The molecule has 8 heteroatoms. The highest BCUT2D eigenvalue weighted by Gasteiger charge is 2.23. The van der Waals surface area contributed by atoms with Crippen LogP contribution in [0.25, 0.3) is 11.1 Å². The molecule has 0 radical (unpaired) electrons. The van der Waals surface area contributed by atoms with Gasteiger partial charge in [-0.1, -0.05) is 35.3 Å². The third-order valence-corrected chi connectivity index (χ3v) is 4.68. The minimum atomic E-state index is -0.771. The SMILES string of the molecule is O=C(/C(=N/Nc1ccc(Cl)cc1)c1nc2ccccc2oc1=O)c1ccc(Cl)cc1. The lowest BCUT2D eigenvalue weighted by Gasteiger charge is -2.07. The second kappa shape index (κ2) is 8.49. The van der Waals surface area contributed by atoms with Gasteiger partial charge in [0.15, 0.2) is 17.0 Å². The van der Waals surface area contributed by atoms with Crippen LogP contribution in [0.2, 0.25) is 10.0 Å². The summed E-state index contributed by atoms with van der Waals surface area (Å²) >= 11 is 11.8. The van der Waals surface area contributed by atoms with Crippen molar-refractivity contribution < 1.29 is 9.21 Å². The fourth-order valence-corrected chi connectivity index (χ4v) is 2.95. The molecule has 6 nitrogen and oxygen atoms in total. The molecule has 0 amide bonds. The Hall–Kier alpha value is -3.48. The number of benzene rings is 3. The first-order valence-electron chi connectivity index (χ1n) is 8.81. The molecule has 0 aliphatic heterocycles. The molecule has 0 saturated carbocycles. The molecular formula is C22H13Cl2N3O3. The van der Waals surface area contributed by atoms with Crippen molar-refractivity contribution in [1.29, 1.82) is 0 Å². The topological polar surface area (TPSA) is 84.6 Å². The number of aromatic nitrogens is 1. The zero-order valence-corrected chi connectivity index (χ0v) is 16.8. The summed E-state index contributed by atoms with van der Waals surface area (Å²) < 4.78 is 5.33. The molecule has 1 heterocycles. The molecule has 4 aromatic rings. The van der Waals surface area contributed by atoms with Crippen LogP contribution in [-0.4, -0.2) is 16.5 Å². The van der Waals surface area contributed by atoms with Crippen molar-refractivity contribution in [3.8, 4) is 0 Å². The number of carbonyl (C=O) groups is 1. The maximum Gasteiger partial charge on any atom is 0.364 e. The number of nitrogens with zero attached hydrogens (tertiary/aromatic N) is 2. The van der Waals surface area contributed by atoms with E-state index in [4.69, 9.17) is 27.6 Å². The Kier molecular flexibility index (Phi) is 5.61. The number of hydrazone groups is 1. The van der Waals surface area contributed by atoms with E-state index in [1.807, 2.05) is 0 Å². The first-order chi connectivity index (χ1) is 14.5. The standard InChI is InChI=1S/C22H13Cl2N3O3/c23-14-7-5-13(6-8-14)21(28)19(27-26-16-11-9-15(24)10-12-16)20-22(29)30-18-4-2-1-3-17(18)25-20/h1-12,26H/b27-19+. The van der Waals surface area contributed by atoms with E-state index in [2.05, 4.69) is 15.5 Å². The number of halogens is 2. The summed E-state index contributed by atoms with van der Waals surface area (Å²) in [6.45, 7) is 0. The quantitative estimate of drug-likeness (QED) is 0.263. The summed E-state index contributed by atoms with van der Waals surface area (Å²) in [5, 5.41) is 5.21. The lowest BCUT2D eigenvalue weighted by atomic mass is 10.0. The van der Waals surface area contributed by atoms with Crippen LogP contribution in [0.1, 0.15) is 16.1 Å². The minimum absolute atomic E-state index is 0.188. The predicted octanol–water partition coefficient (Wildman–Crippen LogP) is 5.19. The Labute approximate surface area is 180 Å². The number of hydrogen-bond donors (Lipinski definition) is 1. The molecule has 0 spiro atoms. The van der Waals surface area contributed by atoms with Crippen LogP contribution >= 0.6 is 23.2 Å². The number of carbonyl (C=O) groups excluding carboxylic acids is 1. The van der Waals surface area contributed by atoms with Crippen molar-refractivity contribution in [1.82, 2.24) is 4.98 Å². The smallest absolute Gasteiger partial charge is 0.364 e. The lowest BCUT2D eigenvalue weighted by Crippen LogP contribution is -2.26. The highest BCUT2D eigenvalue weighted by Crippen LogP contribution is 2.16. The zero-order valence-electron chi connectivity index (χ0n) is 15.3. The van der Waals surface area contributed by atoms with Gasteiger partial charge in [-0.3, -0.25) is 10.2 Å². The molecule has 1 N–H and O–H groups in total. The van der Waals surface area contributed by atoms with Gasteiger partial charge in [-0.05, 0) is 60.7 Å². The summed E-state index contributed by atoms with van der Waals surface area (Å²) in [7, 11) is 0. The molecule has 0 aliphatic rings. The van der Waals surface area contributed by atoms with Crippen LogP contribution in [-0.2, 0) is 0 Å². The lowest BCUT2D eigenvalue weighted by molar-refractivity contribution is 0.106. The van der Waals surface area contributed by atoms with Crippen molar-refractivity contribution in [3.05, 3.63) is 105 Å². The molecule has 0 unspecified atom stereocenters. The summed E-state index contributed by atoms with van der Waals surface area (Å²) in [6, 6.07) is 19.7. The van der Waals surface area contributed by atoms with E-state index < -0.39 is 11.4 Å². The van der Waals surface area contributed by atoms with E-state index in [0.717, 1.165) is 0 Å². The monoisotopic (exact) mass is 437 g/mol. The summed E-state index contributed by atoms with van der Waals surface area (Å²) in [6.07, 6.45) is 0. The fourth-order valence-electron chi connectivity index (χ4n) is 2.69. The van der Waals surface area contributed by atoms with Crippen molar-refractivity contribution >= 4 is 51.5 Å². The van der Waals surface area contributed by atoms with E-state index in [-0.39, 0.29) is 11.4 Å². The van der Waals surface area contributed by atoms with Gasteiger partial charge in [0.05, 0.1) is 5.69 Å². The Bertz CT molecular complexity index is 1310. The molecule has 0 aliphatic carbocycles. The first kappa shape index (κ1) is 19.8. The van der Waals surface area contributed by atoms with Crippen molar-refractivity contribution in [2.24, 2.45) is 5.10 Å². The number of para-hydroxylation sites is 2. The van der Waals surface area contributed by atoms with E-state index in [9.17, 15) is 9.59 Å². The van der Waals surface area contributed by atoms with Gasteiger partial charge in [0.1, 0.15) is 5.52 Å². The van der Waals surface area contributed by atoms with Crippen LogP contribution in [0, 0.1) is 0 Å². The summed E-state index contributed by atoms with van der Waals surface area (Å²) in [4.78, 5) is 30.1. The zero-order chi connectivity index (χ0) is 21.1. The summed E-state index contributed by atoms with van der Waals surface area (Å²) in [5.74, 6) is -0.511. The highest BCUT2D eigenvalue weighted by atomic mass is 35.5. The van der Waals surface area contributed by atoms with Gasteiger partial charge in [0, 0.05) is 15.6 Å². The Morgan fingerprint density at radius 1 is 0.900 bits per heavy atom. The van der Waals surface area contributed by atoms with Gasteiger partial charge in [-0.2, -0.15) is 5.10 Å². The number of nitrogens with one attached hydrogen (secondary N) is 1. The second-order valence-corrected chi connectivity index (χ2v) is 7.11. The molecule has 0 saturated heterocycles. The fraction of sp³-hybridized carbons (Fsp3) is 0. The maximum absolute atomic E-state index is 13.2. The maximum atomic E-state index is 13.2. The van der Waals surface area contributed by atoms with Crippen molar-refractivity contribution in [3.63, 3.8) is 0 Å². The number of hydrogen-bond acceptors (Lipinski definition) is 6. The third kappa shape index (κ3) is 4.25. The average Bonchev–Trinajstić information content (AvgIpc) is 2.75. The third-order valence-electron chi connectivity index (χ3n) is 4.18. The highest BCUT2D eigenvalue weighted by molar-refractivity contribution is 6.51. The van der Waals surface area contributed by atoms with Gasteiger partial charge < -0.3 is 4.42 Å². The largest absolute Gasteiger partial charge is 0.419 e. The van der Waals surface area contributed by atoms with Crippen LogP contribution in [0.5, 0.6) is 0 Å². The molecule has 0 bridgehead atoms. The molecule has 30 heavy (non-hydrogen) atoms. The number of Topliss-reactive ketones (excluding diaryl/α,β-unsaturated/α-hetero) is 1. The van der Waals surface area contributed by atoms with E-state index in [0.29, 0.717) is 32.4 Å². The normalized spacial score (nSPS) is 11.5.